The molecule has 0 amide bonds. The van der Waals surface area contributed by atoms with Crippen LogP contribution in [0.2, 0.25) is 0 Å². The fraction of sp³-hybridized carbons (Fsp3) is 0.222. The highest BCUT2D eigenvalue weighted by Gasteiger charge is 2.21. The molecule has 0 nitrogen and oxygen atoms in total. The summed E-state index contributed by atoms with van der Waals surface area (Å²) in [6.45, 7) is 2.14. The van der Waals surface area contributed by atoms with Crippen LogP contribution in [0.25, 0.3) is 10.8 Å². The van der Waals surface area contributed by atoms with Gasteiger partial charge in [-0.3, -0.25) is 0 Å². The maximum Gasteiger partial charge on any atom is 0.0852 e. The molecule has 0 aliphatic heterocycles. The lowest BCUT2D eigenvalue weighted by molar-refractivity contribution is 1.02. The normalized spacial score (nSPS) is 14.9. The zero-order valence-corrected chi connectivity index (χ0v) is 12.9. The Morgan fingerprint density at radius 3 is 2.55 bits per heavy atom. The van der Waals surface area contributed by atoms with Crippen molar-refractivity contribution in [3.05, 3.63) is 68.9 Å². The molecule has 1 aliphatic carbocycles. The van der Waals surface area contributed by atoms with Crippen LogP contribution in [0.4, 0.5) is 0 Å². The van der Waals surface area contributed by atoms with Gasteiger partial charge in [-0.25, -0.2) is 0 Å². The minimum atomic E-state index is -0.0499. The lowest BCUT2D eigenvalue weighted by Gasteiger charge is -2.14. The highest BCUT2D eigenvalue weighted by molar-refractivity contribution is 7.08. The molecule has 0 N–H and O–H groups in total. The van der Waals surface area contributed by atoms with Gasteiger partial charge in [-0.1, -0.05) is 30.3 Å². The molecule has 1 aromatic heterocycles. The Morgan fingerprint density at radius 1 is 1.00 bits per heavy atom. The highest BCUT2D eigenvalue weighted by Crippen LogP contribution is 2.40. The minimum absolute atomic E-state index is 0.0499. The molecule has 1 unspecified atom stereocenters. The van der Waals surface area contributed by atoms with Gasteiger partial charge in [0.05, 0.1) is 5.38 Å². The molecule has 100 valence electrons. The average Bonchev–Trinajstić information content (AvgIpc) is 3.07. The molecule has 0 radical (unpaired) electrons. The topological polar surface area (TPSA) is 0 Å². The molecule has 0 bridgehead atoms. The minimum Gasteiger partial charge on any atom is -0.152 e. The van der Waals surface area contributed by atoms with Crippen molar-refractivity contribution >= 4 is 33.7 Å². The average molecular weight is 299 g/mol. The van der Waals surface area contributed by atoms with Crippen molar-refractivity contribution in [2.45, 2.75) is 25.1 Å². The van der Waals surface area contributed by atoms with E-state index in [2.05, 4.69) is 48.0 Å². The predicted octanol–water partition coefficient (Wildman–Crippen LogP) is 5.64. The van der Waals surface area contributed by atoms with E-state index in [4.69, 9.17) is 11.6 Å². The summed E-state index contributed by atoms with van der Waals surface area (Å²) in [4.78, 5) is 0. The third-order valence-electron chi connectivity index (χ3n) is 4.35. The smallest absolute Gasteiger partial charge is 0.0852 e. The summed E-state index contributed by atoms with van der Waals surface area (Å²) in [5.74, 6) is 0. The van der Waals surface area contributed by atoms with Crippen LogP contribution in [0.15, 0.2) is 41.1 Å². The van der Waals surface area contributed by atoms with E-state index in [0.29, 0.717) is 0 Å². The standard InChI is InChI=1S/C18H15ClS/c1-11-9-20-10-16(11)18(19)15-8-7-13-6-5-12-3-2-4-14(15)17(12)13/h2-4,7-10,18H,5-6H2,1H3. The van der Waals surface area contributed by atoms with Gasteiger partial charge < -0.3 is 0 Å². The third-order valence-corrected chi connectivity index (χ3v) is 5.70. The molecular weight excluding hydrogens is 284 g/mol. The molecule has 2 aromatic carbocycles. The van der Waals surface area contributed by atoms with Gasteiger partial charge in [0.15, 0.2) is 0 Å². The van der Waals surface area contributed by atoms with Crippen LogP contribution in [0, 0.1) is 6.92 Å². The Hall–Kier alpha value is -1.31. The molecule has 3 aromatic rings. The Kier molecular flexibility index (Phi) is 2.87. The maximum atomic E-state index is 6.79. The molecule has 0 spiro atoms. The highest BCUT2D eigenvalue weighted by atomic mass is 35.5. The molecule has 0 saturated heterocycles. The molecule has 0 saturated carbocycles. The summed E-state index contributed by atoms with van der Waals surface area (Å²) in [6, 6.07) is 11.1. The molecule has 1 atom stereocenters. The largest absolute Gasteiger partial charge is 0.152 e. The van der Waals surface area contributed by atoms with Crippen LogP contribution >= 0.6 is 22.9 Å². The van der Waals surface area contributed by atoms with Crippen LogP contribution in [0.5, 0.6) is 0 Å². The van der Waals surface area contributed by atoms with Crippen LogP contribution in [-0.4, -0.2) is 0 Å². The predicted molar refractivity (Wildman–Crippen MR) is 88.1 cm³/mol. The summed E-state index contributed by atoms with van der Waals surface area (Å²) in [5.41, 5.74) is 6.74. The van der Waals surface area contributed by atoms with Crippen LogP contribution in [0.3, 0.4) is 0 Å². The first-order valence-electron chi connectivity index (χ1n) is 6.96. The van der Waals surface area contributed by atoms with Crippen molar-refractivity contribution in [1.29, 1.82) is 0 Å². The van der Waals surface area contributed by atoms with Crippen molar-refractivity contribution in [3.63, 3.8) is 0 Å². The number of halogens is 1. The van der Waals surface area contributed by atoms with Gasteiger partial charge in [-0.2, -0.15) is 11.3 Å². The van der Waals surface area contributed by atoms with E-state index in [0.717, 1.165) is 0 Å². The van der Waals surface area contributed by atoms with Gasteiger partial charge in [0.2, 0.25) is 0 Å². The number of aryl methyl sites for hydroxylation is 3. The van der Waals surface area contributed by atoms with E-state index in [9.17, 15) is 0 Å². The first-order chi connectivity index (χ1) is 9.75. The summed E-state index contributed by atoms with van der Waals surface area (Å²) in [5, 5.41) is 7.08. The van der Waals surface area contributed by atoms with Crippen LogP contribution in [0.1, 0.15) is 33.2 Å². The fourth-order valence-corrected chi connectivity index (χ4v) is 4.66. The monoisotopic (exact) mass is 298 g/mol. The fourth-order valence-electron chi connectivity index (χ4n) is 3.29. The summed E-state index contributed by atoms with van der Waals surface area (Å²) in [7, 11) is 0. The Labute approximate surface area is 128 Å². The summed E-state index contributed by atoms with van der Waals surface area (Å²) in [6.07, 6.45) is 2.33. The quantitative estimate of drug-likeness (QED) is 0.537. The van der Waals surface area contributed by atoms with E-state index in [-0.39, 0.29) is 5.38 Å². The number of benzene rings is 2. The van der Waals surface area contributed by atoms with Crippen molar-refractivity contribution in [3.8, 4) is 0 Å². The Morgan fingerprint density at radius 2 is 1.80 bits per heavy atom. The van der Waals surface area contributed by atoms with Gasteiger partial charge in [0, 0.05) is 0 Å². The van der Waals surface area contributed by atoms with Gasteiger partial charge in [0.25, 0.3) is 0 Å². The molecule has 1 aliphatic rings. The molecule has 1 heterocycles. The first kappa shape index (κ1) is 12.4. The molecule has 0 fully saturated rings. The Balaban J connectivity index is 1.96. The number of hydrogen-bond acceptors (Lipinski definition) is 1. The van der Waals surface area contributed by atoms with Crippen molar-refractivity contribution in [2.24, 2.45) is 0 Å². The van der Waals surface area contributed by atoms with E-state index in [1.54, 1.807) is 11.3 Å². The molecule has 20 heavy (non-hydrogen) atoms. The number of rotatable bonds is 2. The number of thiophene rings is 1. The van der Waals surface area contributed by atoms with Gasteiger partial charge in [-0.15, -0.1) is 11.6 Å². The number of hydrogen-bond donors (Lipinski definition) is 0. The van der Waals surface area contributed by atoms with E-state index in [1.807, 2.05) is 0 Å². The lowest BCUT2D eigenvalue weighted by atomic mass is 9.95. The van der Waals surface area contributed by atoms with Crippen molar-refractivity contribution < 1.29 is 0 Å². The van der Waals surface area contributed by atoms with Crippen molar-refractivity contribution in [2.75, 3.05) is 0 Å². The van der Waals surface area contributed by atoms with Crippen molar-refractivity contribution in [1.82, 2.24) is 0 Å². The molecule has 4 rings (SSSR count). The Bertz CT molecular complexity index is 790. The third kappa shape index (κ3) is 1.73. The van der Waals surface area contributed by atoms with Gasteiger partial charge in [0.1, 0.15) is 0 Å². The van der Waals surface area contributed by atoms with Gasteiger partial charge in [-0.05, 0) is 69.1 Å². The SMILES string of the molecule is Cc1cscc1C(Cl)c1ccc2c3c(cccc13)CC2. The lowest BCUT2D eigenvalue weighted by Crippen LogP contribution is -1.96. The first-order valence-corrected chi connectivity index (χ1v) is 8.34. The van der Waals surface area contributed by atoms with Gasteiger partial charge >= 0.3 is 0 Å². The van der Waals surface area contributed by atoms with E-state index < -0.39 is 0 Å². The second kappa shape index (κ2) is 4.61. The maximum absolute atomic E-state index is 6.79. The summed E-state index contributed by atoms with van der Waals surface area (Å²) < 4.78 is 0. The second-order valence-electron chi connectivity index (χ2n) is 5.53. The van der Waals surface area contributed by atoms with E-state index >= 15 is 0 Å². The zero-order chi connectivity index (χ0) is 13.7. The van der Waals surface area contributed by atoms with Crippen LogP contribution in [-0.2, 0) is 12.8 Å². The zero-order valence-electron chi connectivity index (χ0n) is 11.3. The van der Waals surface area contributed by atoms with E-state index in [1.165, 1.54) is 51.4 Å². The summed E-state index contributed by atoms with van der Waals surface area (Å²) >= 11 is 8.52. The second-order valence-corrected chi connectivity index (χ2v) is 6.71. The van der Waals surface area contributed by atoms with Crippen LogP contribution < -0.4 is 0 Å². The molecule has 2 heteroatoms. The molecular formula is C18H15ClS. The number of alkyl halides is 1.